The van der Waals surface area contributed by atoms with Crippen LogP contribution in [0.4, 0.5) is 0 Å². The predicted molar refractivity (Wildman–Crippen MR) is 38.2 cm³/mol. The highest BCUT2D eigenvalue weighted by atomic mass is 16.3. The molecule has 0 saturated heterocycles. The predicted octanol–water partition coefficient (Wildman–Crippen LogP) is 0.701. The summed E-state index contributed by atoms with van der Waals surface area (Å²) in [6.45, 7) is 0. The number of aromatic hydroxyl groups is 1. The summed E-state index contributed by atoms with van der Waals surface area (Å²) in [5.41, 5.74) is -0.458. The Morgan fingerprint density at radius 1 is 1.40 bits per heavy atom. The van der Waals surface area contributed by atoms with E-state index in [9.17, 15) is 4.79 Å². The van der Waals surface area contributed by atoms with Crippen molar-refractivity contribution in [3.63, 3.8) is 0 Å². The van der Waals surface area contributed by atoms with E-state index in [0.29, 0.717) is 0 Å². The van der Waals surface area contributed by atoms with Crippen LogP contribution in [-0.2, 0) is 0 Å². The number of para-hydroxylation sites is 1. The van der Waals surface area contributed by atoms with Crippen LogP contribution in [0.1, 0.15) is 10.4 Å². The number of phenolic OH excluding ortho intramolecular Hbond substituents is 1. The number of phenols is 1. The molecule has 0 saturated carbocycles. The molecular weight excluding hydrogens is 127 g/mol. The first-order valence-corrected chi connectivity index (χ1v) is 2.79. The summed E-state index contributed by atoms with van der Waals surface area (Å²) in [5.74, 6) is -0.0741. The van der Waals surface area contributed by atoms with Gasteiger partial charge < -0.3 is 9.90 Å². The molecule has 0 spiro atoms. The molecule has 3 heteroatoms. The molecule has 0 aliphatic heterocycles. The zero-order valence-corrected chi connectivity index (χ0v) is 5.24. The van der Waals surface area contributed by atoms with Crippen LogP contribution in [-0.4, -0.2) is 18.6 Å². The number of rotatable bonds is 1. The van der Waals surface area contributed by atoms with Gasteiger partial charge in [-0.2, -0.15) is 0 Å². The van der Waals surface area contributed by atoms with Crippen molar-refractivity contribution in [1.29, 1.82) is 0 Å². The fourth-order valence-corrected chi connectivity index (χ4v) is 0.682. The normalized spacial score (nSPS) is 9.20. The maximum atomic E-state index is 10.5. The molecule has 1 aromatic carbocycles. The summed E-state index contributed by atoms with van der Waals surface area (Å²) in [4.78, 5) is 10.5. The number of carbonyl (C=O) groups is 1. The molecule has 1 N–H and O–H groups in total. The second kappa shape index (κ2) is 2.56. The molecule has 0 aliphatic carbocycles. The van der Waals surface area contributed by atoms with Gasteiger partial charge in [0.05, 0.1) is 0 Å². The van der Waals surface area contributed by atoms with Gasteiger partial charge in [-0.25, -0.2) is 0 Å². The summed E-state index contributed by atoms with van der Waals surface area (Å²) >= 11 is 0. The lowest BCUT2D eigenvalue weighted by Gasteiger charge is -1.96. The Bertz CT molecular complexity index is 258. The molecule has 0 fully saturated rings. The molecule has 2 nitrogen and oxygen atoms in total. The zero-order chi connectivity index (χ0) is 7.56. The van der Waals surface area contributed by atoms with Crippen LogP contribution in [0.2, 0.25) is 0 Å². The monoisotopic (exact) mass is 132 g/mol. The van der Waals surface area contributed by atoms with Gasteiger partial charge in [0.15, 0.2) is 7.85 Å². The van der Waals surface area contributed by atoms with Crippen molar-refractivity contribution in [2.24, 2.45) is 0 Å². The molecule has 0 unspecified atom stereocenters. The average molecular weight is 132 g/mol. The second-order valence-electron chi connectivity index (χ2n) is 1.88. The Kier molecular flexibility index (Phi) is 1.76. The minimum atomic E-state index is -0.613. The largest absolute Gasteiger partial charge is 0.507 e. The van der Waals surface area contributed by atoms with Crippen molar-refractivity contribution < 1.29 is 9.90 Å². The molecule has 0 bridgehead atoms. The molecule has 0 heterocycles. The molecule has 0 aliphatic rings. The molecule has 0 amide bonds. The van der Waals surface area contributed by atoms with E-state index in [0.717, 1.165) is 0 Å². The Morgan fingerprint density at radius 3 is 2.40 bits per heavy atom. The maximum absolute atomic E-state index is 10.5. The fourth-order valence-electron chi connectivity index (χ4n) is 0.682. The lowest BCUT2D eigenvalue weighted by molar-refractivity contribution is 0.107. The Morgan fingerprint density at radius 2 is 2.00 bits per heavy atom. The molecule has 0 aromatic heterocycles. The van der Waals surface area contributed by atoms with Crippen molar-refractivity contribution in [1.82, 2.24) is 0 Å². The van der Waals surface area contributed by atoms with Crippen LogP contribution in [0.3, 0.4) is 0 Å². The van der Waals surface area contributed by atoms with Crippen LogP contribution in [0.25, 0.3) is 0 Å². The maximum Gasteiger partial charge on any atom is 0.175 e. The molecule has 48 valence electrons. The van der Waals surface area contributed by atoms with Crippen LogP contribution in [0.15, 0.2) is 24.3 Å². The number of carbonyl (C=O) groups excluding carboxylic acids is 1. The van der Waals surface area contributed by atoms with Gasteiger partial charge in [-0.1, -0.05) is 12.1 Å². The summed E-state index contributed by atoms with van der Waals surface area (Å²) in [6.07, 6.45) is 0. The van der Waals surface area contributed by atoms with Gasteiger partial charge in [0.2, 0.25) is 0 Å². The molecule has 1 rings (SSSR count). The SMILES string of the molecule is [B]C(=O)c1ccccc1O. The van der Waals surface area contributed by atoms with E-state index in [2.05, 4.69) is 0 Å². The highest BCUT2D eigenvalue weighted by molar-refractivity contribution is 6.62. The fraction of sp³-hybridized carbons (Fsp3) is 0. The minimum absolute atomic E-state index is 0.0741. The van der Waals surface area contributed by atoms with Crippen molar-refractivity contribution >= 4 is 13.5 Å². The van der Waals surface area contributed by atoms with E-state index < -0.39 is 5.68 Å². The first kappa shape index (κ1) is 6.87. The van der Waals surface area contributed by atoms with E-state index in [4.69, 9.17) is 13.0 Å². The third kappa shape index (κ3) is 1.18. The molecule has 1 aromatic rings. The number of hydrogen-bond donors (Lipinski definition) is 1. The lowest BCUT2D eigenvalue weighted by atomic mass is 9.94. The van der Waals surface area contributed by atoms with E-state index in [-0.39, 0.29) is 11.3 Å². The van der Waals surface area contributed by atoms with Crippen LogP contribution >= 0.6 is 0 Å². The highest BCUT2D eigenvalue weighted by Gasteiger charge is 2.01. The summed E-state index contributed by atoms with van der Waals surface area (Å²) in [5, 5.41) is 8.98. The van der Waals surface area contributed by atoms with Gasteiger partial charge in [-0.15, -0.1) is 0 Å². The topological polar surface area (TPSA) is 37.3 Å². The highest BCUT2D eigenvalue weighted by Crippen LogP contribution is 2.14. The number of hydrogen-bond acceptors (Lipinski definition) is 2. The molecule has 10 heavy (non-hydrogen) atoms. The van der Waals surface area contributed by atoms with Crippen molar-refractivity contribution in [2.75, 3.05) is 0 Å². The Balaban J connectivity index is 3.15. The Hall–Kier alpha value is -1.25. The summed E-state index contributed by atoms with van der Waals surface area (Å²) in [6, 6.07) is 6.15. The van der Waals surface area contributed by atoms with Crippen molar-refractivity contribution in [2.45, 2.75) is 0 Å². The lowest BCUT2D eigenvalue weighted by Crippen LogP contribution is -1.96. The van der Waals surface area contributed by atoms with Gasteiger partial charge in [-0.05, 0) is 12.1 Å². The van der Waals surface area contributed by atoms with Crippen LogP contribution in [0.5, 0.6) is 5.75 Å². The molecule has 2 radical (unpaired) electrons. The van der Waals surface area contributed by atoms with E-state index in [1.165, 1.54) is 12.1 Å². The molecular formula is C7H5BO2. The summed E-state index contributed by atoms with van der Waals surface area (Å²) < 4.78 is 0. The van der Waals surface area contributed by atoms with Crippen molar-refractivity contribution in [3.05, 3.63) is 29.8 Å². The summed E-state index contributed by atoms with van der Waals surface area (Å²) in [7, 11) is 4.92. The third-order valence-corrected chi connectivity index (χ3v) is 1.17. The standard InChI is InChI=1S/C7H5BO2/c8-7(10)5-3-1-2-4-6(5)9/h1-4,9H. The average Bonchev–Trinajstić information content (AvgIpc) is 1.88. The van der Waals surface area contributed by atoms with Gasteiger partial charge in [0.1, 0.15) is 11.4 Å². The molecule has 0 atom stereocenters. The quantitative estimate of drug-likeness (QED) is 0.571. The van der Waals surface area contributed by atoms with Gasteiger partial charge in [0.25, 0.3) is 0 Å². The van der Waals surface area contributed by atoms with Crippen LogP contribution < -0.4 is 0 Å². The Labute approximate surface area is 59.9 Å². The van der Waals surface area contributed by atoms with E-state index in [1.54, 1.807) is 12.1 Å². The zero-order valence-electron chi connectivity index (χ0n) is 5.24. The van der Waals surface area contributed by atoms with Crippen molar-refractivity contribution in [3.8, 4) is 5.75 Å². The smallest absolute Gasteiger partial charge is 0.175 e. The van der Waals surface area contributed by atoms with E-state index >= 15 is 0 Å². The first-order chi connectivity index (χ1) is 4.72. The van der Waals surface area contributed by atoms with Gasteiger partial charge in [0, 0.05) is 5.56 Å². The van der Waals surface area contributed by atoms with Crippen LogP contribution in [0, 0.1) is 0 Å². The first-order valence-electron chi connectivity index (χ1n) is 2.79. The van der Waals surface area contributed by atoms with Gasteiger partial charge in [-0.3, -0.25) is 0 Å². The van der Waals surface area contributed by atoms with E-state index in [1.807, 2.05) is 0 Å². The third-order valence-electron chi connectivity index (χ3n) is 1.17. The second-order valence-corrected chi connectivity index (χ2v) is 1.88. The van der Waals surface area contributed by atoms with Gasteiger partial charge >= 0.3 is 0 Å². The number of benzene rings is 1. The minimum Gasteiger partial charge on any atom is -0.507 e.